The molecule has 1 aromatic carbocycles. The van der Waals surface area contributed by atoms with Gasteiger partial charge in [-0.3, -0.25) is 9.78 Å². The zero-order valence-corrected chi connectivity index (χ0v) is 14.6. The second kappa shape index (κ2) is 6.24. The molecule has 0 aliphatic carbocycles. The van der Waals surface area contributed by atoms with Crippen LogP contribution in [0.2, 0.25) is 0 Å². The highest BCUT2D eigenvalue weighted by Crippen LogP contribution is 2.25. The summed E-state index contributed by atoms with van der Waals surface area (Å²) in [6.45, 7) is 1.59. The van der Waals surface area contributed by atoms with Crippen LogP contribution in [0.25, 0.3) is 10.9 Å². The predicted molar refractivity (Wildman–Crippen MR) is 100.0 cm³/mol. The minimum Gasteiger partial charge on any atom is -0.378 e. The highest BCUT2D eigenvalue weighted by Gasteiger charge is 2.32. The average molecular weight is 334 g/mol. The van der Waals surface area contributed by atoms with Crippen LogP contribution in [0, 0.1) is 5.92 Å². The molecular formula is C20H22N4O. The Hall–Kier alpha value is -2.82. The summed E-state index contributed by atoms with van der Waals surface area (Å²) in [4.78, 5) is 24.4. The Kier molecular flexibility index (Phi) is 3.92. The summed E-state index contributed by atoms with van der Waals surface area (Å²) < 4.78 is 0. The molecule has 0 radical (unpaired) electrons. The smallest absolute Gasteiger partial charge is 0.253 e. The molecule has 0 saturated carbocycles. The molecule has 3 aromatic rings. The molecule has 1 fully saturated rings. The van der Waals surface area contributed by atoms with Gasteiger partial charge in [0.25, 0.3) is 5.91 Å². The number of carbonyl (C=O) groups excluding carboxylic acids is 1. The number of aromatic nitrogens is 2. The van der Waals surface area contributed by atoms with Gasteiger partial charge < -0.3 is 14.8 Å². The predicted octanol–water partition coefficient (Wildman–Crippen LogP) is 2.94. The Labute approximate surface area is 147 Å². The van der Waals surface area contributed by atoms with Gasteiger partial charge in [-0.2, -0.15) is 0 Å². The molecule has 1 saturated heterocycles. The minimum atomic E-state index is 0.117. The summed E-state index contributed by atoms with van der Waals surface area (Å²) in [6.07, 6.45) is 4.71. The van der Waals surface area contributed by atoms with Crippen LogP contribution in [0.5, 0.6) is 0 Å². The monoisotopic (exact) mass is 334 g/mol. The maximum Gasteiger partial charge on any atom is 0.253 e. The van der Waals surface area contributed by atoms with E-state index in [-0.39, 0.29) is 5.91 Å². The first kappa shape index (κ1) is 15.7. The van der Waals surface area contributed by atoms with Crippen LogP contribution in [-0.4, -0.2) is 48.0 Å². The number of pyridine rings is 1. The van der Waals surface area contributed by atoms with E-state index in [1.165, 1.54) is 5.39 Å². The summed E-state index contributed by atoms with van der Waals surface area (Å²) >= 11 is 0. The van der Waals surface area contributed by atoms with Gasteiger partial charge in [0.1, 0.15) is 0 Å². The number of benzene rings is 1. The van der Waals surface area contributed by atoms with Gasteiger partial charge in [0.05, 0.1) is 11.2 Å². The van der Waals surface area contributed by atoms with Crippen LogP contribution in [-0.2, 0) is 6.42 Å². The molecule has 1 aliphatic rings. The average Bonchev–Trinajstić information content (AvgIpc) is 3.06. The van der Waals surface area contributed by atoms with Crippen molar-refractivity contribution in [2.24, 2.45) is 5.92 Å². The van der Waals surface area contributed by atoms with Gasteiger partial charge in [-0.15, -0.1) is 0 Å². The highest BCUT2D eigenvalue weighted by molar-refractivity contribution is 5.95. The number of nitrogens with zero attached hydrogens (tertiary/aromatic N) is 3. The number of rotatable bonds is 4. The van der Waals surface area contributed by atoms with Gasteiger partial charge in [0.2, 0.25) is 0 Å². The number of fused-ring (bicyclic) bond motifs is 1. The van der Waals surface area contributed by atoms with Crippen molar-refractivity contribution in [3.8, 4) is 0 Å². The maximum absolute atomic E-state index is 12.7. The van der Waals surface area contributed by atoms with Crippen molar-refractivity contribution in [3.63, 3.8) is 0 Å². The molecular weight excluding hydrogens is 312 g/mol. The number of likely N-dealkylation sites (tertiary alicyclic amines) is 1. The van der Waals surface area contributed by atoms with E-state index in [9.17, 15) is 4.79 Å². The van der Waals surface area contributed by atoms with E-state index in [1.54, 1.807) is 0 Å². The van der Waals surface area contributed by atoms with Crippen molar-refractivity contribution >= 4 is 22.5 Å². The molecule has 1 aliphatic heterocycles. The van der Waals surface area contributed by atoms with Crippen LogP contribution in [0.15, 0.2) is 48.8 Å². The van der Waals surface area contributed by atoms with Crippen LogP contribution in [0.4, 0.5) is 5.69 Å². The second-order valence-electron chi connectivity index (χ2n) is 6.92. The van der Waals surface area contributed by atoms with E-state index in [0.717, 1.165) is 42.0 Å². The molecule has 5 heteroatoms. The van der Waals surface area contributed by atoms with Crippen LogP contribution >= 0.6 is 0 Å². The summed E-state index contributed by atoms with van der Waals surface area (Å²) in [5.41, 5.74) is 4.01. The first-order chi connectivity index (χ1) is 12.1. The van der Waals surface area contributed by atoms with Crippen molar-refractivity contribution in [2.45, 2.75) is 6.42 Å². The number of hydrogen-bond donors (Lipinski definition) is 1. The summed E-state index contributed by atoms with van der Waals surface area (Å²) in [6, 6.07) is 11.9. The third kappa shape index (κ3) is 2.97. The number of amides is 1. The molecule has 4 rings (SSSR count). The van der Waals surface area contributed by atoms with Gasteiger partial charge in [-0.1, -0.05) is 6.07 Å². The minimum absolute atomic E-state index is 0.117. The Morgan fingerprint density at radius 2 is 2.12 bits per heavy atom. The third-order valence-corrected chi connectivity index (χ3v) is 4.89. The Bertz CT molecular complexity index is 909. The molecule has 128 valence electrons. The summed E-state index contributed by atoms with van der Waals surface area (Å²) in [5, 5.41) is 1.19. The SMILES string of the molecule is CN(C)c1cccc(C(=O)N2CC(Cc3nccc4cc[nH]c34)C2)c1. The Morgan fingerprint density at radius 1 is 1.28 bits per heavy atom. The Morgan fingerprint density at radius 3 is 2.92 bits per heavy atom. The summed E-state index contributed by atoms with van der Waals surface area (Å²) in [7, 11) is 3.97. The fourth-order valence-corrected chi connectivity index (χ4v) is 3.44. The second-order valence-corrected chi connectivity index (χ2v) is 6.92. The number of aromatic amines is 1. The first-order valence-corrected chi connectivity index (χ1v) is 8.59. The lowest BCUT2D eigenvalue weighted by Crippen LogP contribution is -2.50. The van der Waals surface area contributed by atoms with E-state index in [0.29, 0.717) is 5.92 Å². The van der Waals surface area contributed by atoms with Gasteiger partial charge in [0.15, 0.2) is 0 Å². The standard InChI is InChI=1S/C20H22N4O/c1-23(2)17-5-3-4-16(11-17)20(25)24-12-14(13-24)10-18-19-15(6-8-21-18)7-9-22-19/h3-9,11,14,22H,10,12-13H2,1-2H3. The van der Waals surface area contributed by atoms with Crippen molar-refractivity contribution in [1.29, 1.82) is 0 Å². The lowest BCUT2D eigenvalue weighted by Gasteiger charge is -2.39. The maximum atomic E-state index is 12.7. The lowest BCUT2D eigenvalue weighted by atomic mass is 9.93. The first-order valence-electron chi connectivity index (χ1n) is 8.59. The molecule has 0 atom stereocenters. The number of anilines is 1. The van der Waals surface area contributed by atoms with Gasteiger partial charge in [0, 0.05) is 56.2 Å². The fourth-order valence-electron chi connectivity index (χ4n) is 3.44. The van der Waals surface area contributed by atoms with Crippen molar-refractivity contribution in [3.05, 3.63) is 60.0 Å². The topological polar surface area (TPSA) is 52.2 Å². The highest BCUT2D eigenvalue weighted by atomic mass is 16.2. The molecule has 0 bridgehead atoms. The van der Waals surface area contributed by atoms with Crippen molar-refractivity contribution < 1.29 is 4.79 Å². The lowest BCUT2D eigenvalue weighted by molar-refractivity contribution is 0.0500. The van der Waals surface area contributed by atoms with Crippen molar-refractivity contribution in [1.82, 2.24) is 14.9 Å². The number of nitrogens with one attached hydrogen (secondary N) is 1. The molecule has 2 aromatic heterocycles. The van der Waals surface area contributed by atoms with Gasteiger partial charge in [-0.25, -0.2) is 0 Å². The molecule has 25 heavy (non-hydrogen) atoms. The van der Waals surface area contributed by atoms with E-state index in [4.69, 9.17) is 0 Å². The quantitative estimate of drug-likeness (QED) is 0.798. The normalized spacial score (nSPS) is 14.6. The molecule has 1 amide bonds. The fraction of sp³-hybridized carbons (Fsp3) is 0.300. The molecule has 1 N–H and O–H groups in total. The van der Waals surface area contributed by atoms with Crippen LogP contribution in [0.1, 0.15) is 16.1 Å². The van der Waals surface area contributed by atoms with Crippen LogP contribution in [0.3, 0.4) is 0 Å². The van der Waals surface area contributed by atoms with Gasteiger partial charge >= 0.3 is 0 Å². The summed E-state index contributed by atoms with van der Waals surface area (Å²) in [5.74, 6) is 0.591. The van der Waals surface area contributed by atoms with Gasteiger partial charge in [-0.05, 0) is 42.7 Å². The molecule has 3 heterocycles. The van der Waals surface area contributed by atoms with E-state index >= 15 is 0 Å². The molecule has 5 nitrogen and oxygen atoms in total. The molecule has 0 unspecified atom stereocenters. The zero-order valence-electron chi connectivity index (χ0n) is 14.6. The Balaban J connectivity index is 1.41. The number of hydrogen-bond acceptors (Lipinski definition) is 3. The van der Waals surface area contributed by atoms with E-state index < -0.39 is 0 Å². The van der Waals surface area contributed by atoms with Crippen molar-refractivity contribution in [2.75, 3.05) is 32.1 Å². The number of carbonyl (C=O) groups is 1. The van der Waals surface area contributed by atoms with E-state index in [2.05, 4.69) is 16.0 Å². The third-order valence-electron chi connectivity index (χ3n) is 4.89. The van der Waals surface area contributed by atoms with Crippen LogP contribution < -0.4 is 4.90 Å². The zero-order chi connectivity index (χ0) is 17.4. The largest absolute Gasteiger partial charge is 0.378 e. The number of H-pyrrole nitrogens is 1. The van der Waals surface area contributed by atoms with E-state index in [1.807, 2.05) is 66.6 Å². The molecule has 0 spiro atoms.